The average molecular weight is 473 g/mol. The van der Waals surface area contributed by atoms with Gasteiger partial charge in [0.05, 0.1) is 23.0 Å². The third-order valence-corrected chi connectivity index (χ3v) is 4.14. The lowest BCUT2D eigenvalue weighted by Gasteiger charge is -2.15. The fourth-order valence-corrected chi connectivity index (χ4v) is 2.87. The first kappa shape index (κ1) is 19.5. The van der Waals surface area contributed by atoms with Crippen LogP contribution in [0.4, 0.5) is 0 Å². The van der Waals surface area contributed by atoms with E-state index >= 15 is 0 Å². The zero-order chi connectivity index (χ0) is 18.4. The lowest BCUT2D eigenvalue weighted by Crippen LogP contribution is -2.17. The van der Waals surface area contributed by atoms with Crippen molar-refractivity contribution in [1.29, 1.82) is 0 Å². The molecule has 0 aromatic heterocycles. The number of nitrogens with zero attached hydrogens (tertiary/aromatic N) is 1. The molecule has 25 heavy (non-hydrogen) atoms. The minimum atomic E-state index is -0.311. The molecule has 0 aliphatic rings. The van der Waals surface area contributed by atoms with E-state index in [1.807, 2.05) is 19.9 Å². The van der Waals surface area contributed by atoms with Gasteiger partial charge >= 0.3 is 0 Å². The van der Waals surface area contributed by atoms with Gasteiger partial charge in [-0.05, 0) is 78.4 Å². The number of carbonyl (C=O) groups is 1. The molecule has 0 aliphatic carbocycles. The first-order valence-electron chi connectivity index (χ1n) is 7.54. The molecule has 0 heterocycles. The largest absolute Gasteiger partial charge is 0.493 e. The maximum Gasteiger partial charge on any atom is 0.271 e. The van der Waals surface area contributed by atoms with Crippen LogP contribution in [0.1, 0.15) is 29.8 Å². The van der Waals surface area contributed by atoms with Crippen molar-refractivity contribution in [2.45, 2.75) is 20.0 Å². The summed E-state index contributed by atoms with van der Waals surface area (Å²) in [6.45, 7) is 3.91. The van der Waals surface area contributed by atoms with Crippen LogP contribution >= 0.6 is 34.2 Å². The van der Waals surface area contributed by atoms with Crippen LogP contribution in [0.25, 0.3) is 0 Å². The van der Waals surface area contributed by atoms with Gasteiger partial charge in [-0.15, -0.1) is 0 Å². The molecule has 0 spiro atoms. The number of amides is 1. The highest BCUT2D eigenvalue weighted by molar-refractivity contribution is 14.1. The van der Waals surface area contributed by atoms with Gasteiger partial charge in [0.15, 0.2) is 11.5 Å². The highest BCUT2D eigenvalue weighted by Gasteiger charge is 2.12. The average Bonchev–Trinajstić information content (AvgIpc) is 2.57. The number of ether oxygens (including phenoxy) is 2. The number of benzene rings is 2. The molecule has 2 aromatic carbocycles. The number of rotatable bonds is 6. The van der Waals surface area contributed by atoms with E-state index in [0.29, 0.717) is 22.1 Å². The van der Waals surface area contributed by atoms with Crippen molar-refractivity contribution in [2.24, 2.45) is 5.10 Å². The van der Waals surface area contributed by atoms with Gasteiger partial charge in [-0.2, -0.15) is 5.10 Å². The maximum absolute atomic E-state index is 12.0. The first-order chi connectivity index (χ1) is 11.9. The number of halogens is 2. The maximum atomic E-state index is 12.0. The number of hydrogen-bond acceptors (Lipinski definition) is 4. The van der Waals surface area contributed by atoms with Gasteiger partial charge in [0, 0.05) is 10.6 Å². The number of hydrogen-bond donors (Lipinski definition) is 1. The van der Waals surface area contributed by atoms with E-state index in [1.165, 1.54) is 0 Å². The van der Waals surface area contributed by atoms with E-state index < -0.39 is 0 Å². The molecule has 0 saturated heterocycles. The van der Waals surface area contributed by atoms with E-state index in [0.717, 1.165) is 9.13 Å². The third-order valence-electron chi connectivity index (χ3n) is 3.09. The van der Waals surface area contributed by atoms with Crippen LogP contribution < -0.4 is 14.9 Å². The predicted octanol–water partition coefficient (Wildman–Crippen LogP) is 4.50. The van der Waals surface area contributed by atoms with Crippen LogP contribution in [-0.2, 0) is 0 Å². The van der Waals surface area contributed by atoms with Gasteiger partial charge in [0.25, 0.3) is 5.91 Å². The summed E-state index contributed by atoms with van der Waals surface area (Å²) < 4.78 is 12.1. The van der Waals surface area contributed by atoms with Gasteiger partial charge in [0.2, 0.25) is 0 Å². The molecule has 0 bridgehead atoms. The molecule has 0 saturated carbocycles. The van der Waals surface area contributed by atoms with Crippen LogP contribution in [0.2, 0.25) is 5.02 Å². The summed E-state index contributed by atoms with van der Waals surface area (Å²) in [5.41, 5.74) is 3.75. The van der Waals surface area contributed by atoms with Crippen LogP contribution in [-0.4, -0.2) is 25.3 Å². The minimum Gasteiger partial charge on any atom is -0.493 e. The van der Waals surface area contributed by atoms with Gasteiger partial charge in [-0.1, -0.05) is 11.6 Å². The summed E-state index contributed by atoms with van der Waals surface area (Å²) in [6.07, 6.45) is 1.60. The number of hydrazone groups is 1. The summed E-state index contributed by atoms with van der Waals surface area (Å²) >= 11 is 7.98. The van der Waals surface area contributed by atoms with Crippen LogP contribution in [0.3, 0.4) is 0 Å². The Bertz CT molecular complexity index is 777. The molecule has 0 unspecified atom stereocenters. The molecule has 7 heteroatoms. The monoisotopic (exact) mass is 472 g/mol. The number of carbonyl (C=O) groups excluding carboxylic acids is 1. The summed E-state index contributed by atoms with van der Waals surface area (Å²) in [5, 5.41) is 4.56. The second-order valence-electron chi connectivity index (χ2n) is 5.41. The second-order valence-corrected chi connectivity index (χ2v) is 7.01. The lowest BCUT2D eigenvalue weighted by molar-refractivity contribution is 0.0955. The first-order valence-corrected chi connectivity index (χ1v) is 8.99. The molecule has 1 amide bonds. The molecule has 132 valence electrons. The second kappa shape index (κ2) is 9.05. The van der Waals surface area contributed by atoms with Crippen molar-refractivity contribution in [3.05, 3.63) is 56.1 Å². The van der Waals surface area contributed by atoms with Gasteiger partial charge in [-0.3, -0.25) is 4.79 Å². The molecule has 1 N–H and O–H groups in total. The predicted molar refractivity (Wildman–Crippen MR) is 108 cm³/mol. The highest BCUT2D eigenvalue weighted by atomic mass is 127. The zero-order valence-corrected chi connectivity index (χ0v) is 17.0. The van der Waals surface area contributed by atoms with Gasteiger partial charge in [-0.25, -0.2) is 5.43 Å². The SMILES string of the molecule is COc1cc(/C=N\NC(=O)c2ccc(Cl)cc2)cc(I)c1OC(C)C. The Morgan fingerprint density at radius 1 is 1.28 bits per heavy atom. The molecule has 2 aromatic rings. The molecule has 0 atom stereocenters. The fourth-order valence-electron chi connectivity index (χ4n) is 2.00. The topological polar surface area (TPSA) is 59.9 Å². The standard InChI is InChI=1S/C18H18ClIN2O3/c1-11(2)25-17-15(20)8-12(9-16(17)24-3)10-21-22-18(23)13-4-6-14(19)7-5-13/h4-11H,1-3H3,(H,22,23)/b21-10-. The van der Waals surface area contributed by atoms with Crippen molar-refractivity contribution in [2.75, 3.05) is 7.11 Å². The van der Waals surface area contributed by atoms with Crippen LogP contribution in [0, 0.1) is 3.57 Å². The number of methoxy groups -OCH3 is 1. The van der Waals surface area contributed by atoms with Crippen molar-refractivity contribution in [3.63, 3.8) is 0 Å². The zero-order valence-electron chi connectivity index (χ0n) is 14.0. The smallest absolute Gasteiger partial charge is 0.271 e. The molecular formula is C18H18ClIN2O3. The van der Waals surface area contributed by atoms with E-state index in [2.05, 4.69) is 33.1 Å². The Morgan fingerprint density at radius 3 is 2.56 bits per heavy atom. The summed E-state index contributed by atoms with van der Waals surface area (Å²) in [7, 11) is 1.59. The fraction of sp³-hybridized carbons (Fsp3) is 0.222. The van der Waals surface area contributed by atoms with E-state index in [1.54, 1.807) is 43.7 Å². The van der Waals surface area contributed by atoms with Gasteiger partial charge < -0.3 is 9.47 Å². The van der Waals surface area contributed by atoms with Crippen LogP contribution in [0.15, 0.2) is 41.5 Å². The van der Waals surface area contributed by atoms with Crippen molar-refractivity contribution < 1.29 is 14.3 Å². The van der Waals surface area contributed by atoms with Crippen molar-refractivity contribution in [1.82, 2.24) is 5.43 Å². The molecule has 0 aliphatic heterocycles. The number of nitrogens with one attached hydrogen (secondary N) is 1. The Morgan fingerprint density at radius 2 is 1.96 bits per heavy atom. The van der Waals surface area contributed by atoms with E-state index in [-0.39, 0.29) is 12.0 Å². The Kier molecular flexibility index (Phi) is 7.07. The lowest BCUT2D eigenvalue weighted by atomic mass is 10.2. The minimum absolute atomic E-state index is 0.0422. The normalized spacial score (nSPS) is 11.0. The third kappa shape index (κ3) is 5.61. The Hall–Kier alpha value is -1.80. The molecule has 5 nitrogen and oxygen atoms in total. The van der Waals surface area contributed by atoms with Crippen LogP contribution in [0.5, 0.6) is 11.5 Å². The molecule has 0 radical (unpaired) electrons. The summed E-state index contributed by atoms with van der Waals surface area (Å²) in [4.78, 5) is 12.0. The summed E-state index contributed by atoms with van der Waals surface area (Å²) in [5.74, 6) is 1.00. The molecule has 2 rings (SSSR count). The van der Waals surface area contributed by atoms with E-state index in [4.69, 9.17) is 21.1 Å². The van der Waals surface area contributed by atoms with Crippen molar-refractivity contribution >= 4 is 46.3 Å². The Labute approximate surface area is 165 Å². The Balaban J connectivity index is 2.11. The van der Waals surface area contributed by atoms with Gasteiger partial charge in [0.1, 0.15) is 0 Å². The quantitative estimate of drug-likeness (QED) is 0.382. The van der Waals surface area contributed by atoms with E-state index in [9.17, 15) is 4.79 Å². The summed E-state index contributed by atoms with van der Waals surface area (Å²) in [6, 6.07) is 10.3. The molecular weight excluding hydrogens is 455 g/mol. The molecule has 0 fully saturated rings. The van der Waals surface area contributed by atoms with Crippen molar-refractivity contribution in [3.8, 4) is 11.5 Å². The highest BCUT2D eigenvalue weighted by Crippen LogP contribution is 2.34.